The van der Waals surface area contributed by atoms with Crippen molar-refractivity contribution < 1.29 is 0 Å². The van der Waals surface area contributed by atoms with Crippen LogP contribution in [-0.4, -0.2) is 21.5 Å². The zero-order valence-electron chi connectivity index (χ0n) is 19.9. The van der Waals surface area contributed by atoms with Gasteiger partial charge in [-0.25, -0.2) is 0 Å². The highest BCUT2D eigenvalue weighted by Gasteiger charge is 2.68. The molecule has 1 heteroatoms. The Bertz CT molecular complexity index is 582. The molecule has 170 valence electrons. The first kappa shape index (κ1) is 18.3. The molecule has 0 saturated heterocycles. The highest BCUT2D eigenvalue weighted by Crippen LogP contribution is 2.69. The van der Waals surface area contributed by atoms with Gasteiger partial charge in [-0.2, -0.15) is 0 Å². The van der Waals surface area contributed by atoms with Crippen LogP contribution in [0, 0.1) is 53.3 Å². The van der Waals surface area contributed by atoms with Crippen LogP contribution in [0.1, 0.15) is 116 Å². The summed E-state index contributed by atoms with van der Waals surface area (Å²) in [5, 5.41) is 0. The maximum atomic E-state index is 3.62. The van der Waals surface area contributed by atoms with Crippen LogP contribution < -0.4 is 0 Å². The Labute approximate surface area is 190 Å². The summed E-state index contributed by atoms with van der Waals surface area (Å²) in [4.78, 5) is 3.62. The minimum absolute atomic E-state index is 0.645. The lowest BCUT2D eigenvalue weighted by Gasteiger charge is -2.75. The van der Waals surface area contributed by atoms with Crippen LogP contribution >= 0.6 is 0 Å². The third-order valence-electron chi connectivity index (χ3n) is 13.4. The molecular formula is C30H45N. The van der Waals surface area contributed by atoms with Gasteiger partial charge in [-0.05, 0) is 169 Å². The molecule has 0 aromatic carbocycles. The Morgan fingerprint density at radius 2 is 0.452 bits per heavy atom. The first-order chi connectivity index (χ1) is 15.1. The molecule has 12 saturated carbocycles. The van der Waals surface area contributed by atoms with E-state index in [1.165, 1.54) is 0 Å². The first-order valence-electron chi connectivity index (χ1n) is 14.9. The fourth-order valence-corrected chi connectivity index (χ4v) is 14.5. The quantitative estimate of drug-likeness (QED) is 0.468. The van der Waals surface area contributed by atoms with Crippen LogP contribution in [0.15, 0.2) is 0 Å². The third-order valence-corrected chi connectivity index (χ3v) is 13.4. The van der Waals surface area contributed by atoms with Crippen molar-refractivity contribution in [3.63, 3.8) is 0 Å². The van der Waals surface area contributed by atoms with Crippen molar-refractivity contribution in [3.8, 4) is 0 Å². The fourth-order valence-electron chi connectivity index (χ4n) is 14.5. The van der Waals surface area contributed by atoms with Gasteiger partial charge in [0.1, 0.15) is 0 Å². The summed E-state index contributed by atoms with van der Waals surface area (Å²) in [6, 6.07) is 0. The van der Waals surface area contributed by atoms with E-state index in [9.17, 15) is 0 Å². The van der Waals surface area contributed by atoms with Crippen molar-refractivity contribution >= 4 is 0 Å². The molecule has 0 heterocycles. The van der Waals surface area contributed by atoms with Gasteiger partial charge in [0.05, 0.1) is 0 Å². The molecule has 12 fully saturated rings. The normalized spacial score (nSPS) is 64.7. The van der Waals surface area contributed by atoms with Gasteiger partial charge in [0.25, 0.3) is 0 Å². The van der Waals surface area contributed by atoms with E-state index in [0.717, 1.165) is 53.3 Å². The topological polar surface area (TPSA) is 3.24 Å². The molecule has 12 bridgehead atoms. The molecule has 0 radical (unpaired) electrons. The summed E-state index contributed by atoms with van der Waals surface area (Å²) >= 11 is 0. The molecule has 12 aliphatic carbocycles. The van der Waals surface area contributed by atoms with Gasteiger partial charge in [-0.15, -0.1) is 0 Å². The van der Waals surface area contributed by atoms with Crippen molar-refractivity contribution in [2.45, 2.75) is 132 Å². The van der Waals surface area contributed by atoms with E-state index >= 15 is 0 Å². The maximum absolute atomic E-state index is 3.62. The molecule has 0 aliphatic heterocycles. The van der Waals surface area contributed by atoms with E-state index in [1.807, 2.05) is 0 Å². The number of nitrogens with zero attached hydrogens (tertiary/aromatic N) is 1. The second kappa shape index (κ2) is 5.78. The molecule has 0 N–H and O–H groups in total. The van der Waals surface area contributed by atoms with Gasteiger partial charge in [0.2, 0.25) is 0 Å². The molecule has 12 aliphatic rings. The van der Waals surface area contributed by atoms with Crippen LogP contribution in [0.3, 0.4) is 0 Å². The minimum atomic E-state index is 0.645. The van der Waals surface area contributed by atoms with Gasteiger partial charge in [-0.3, -0.25) is 4.90 Å². The average molecular weight is 420 g/mol. The van der Waals surface area contributed by atoms with Crippen LogP contribution in [0.2, 0.25) is 0 Å². The third kappa shape index (κ3) is 2.39. The van der Waals surface area contributed by atoms with Crippen molar-refractivity contribution in [3.05, 3.63) is 0 Å². The molecule has 12 rings (SSSR count). The van der Waals surface area contributed by atoms with E-state index in [-0.39, 0.29) is 0 Å². The second-order valence-corrected chi connectivity index (χ2v) is 15.8. The molecule has 0 atom stereocenters. The summed E-state index contributed by atoms with van der Waals surface area (Å²) < 4.78 is 0. The van der Waals surface area contributed by atoms with Crippen molar-refractivity contribution in [1.82, 2.24) is 4.90 Å². The first-order valence-corrected chi connectivity index (χ1v) is 14.9. The molecule has 0 aromatic heterocycles. The number of rotatable bonds is 3. The van der Waals surface area contributed by atoms with Crippen LogP contribution in [0.25, 0.3) is 0 Å². The minimum Gasteiger partial charge on any atom is -0.286 e. The Morgan fingerprint density at radius 3 is 0.613 bits per heavy atom. The Balaban J connectivity index is 1.21. The summed E-state index contributed by atoms with van der Waals surface area (Å²) in [5.74, 6) is 9.97. The predicted octanol–water partition coefficient (Wildman–Crippen LogP) is 7.19. The van der Waals surface area contributed by atoms with Crippen LogP contribution in [-0.2, 0) is 0 Å². The van der Waals surface area contributed by atoms with Gasteiger partial charge in [0.15, 0.2) is 0 Å². The highest BCUT2D eigenvalue weighted by molar-refractivity contribution is 5.22. The monoisotopic (exact) mass is 419 g/mol. The smallest absolute Gasteiger partial charge is 0.0228 e. The lowest BCUT2D eigenvalue weighted by atomic mass is 9.45. The average Bonchev–Trinajstić information content (AvgIpc) is 2.63. The summed E-state index contributed by atoms with van der Waals surface area (Å²) in [6.07, 6.45) is 29.2. The summed E-state index contributed by atoms with van der Waals surface area (Å²) in [7, 11) is 0. The zero-order valence-corrected chi connectivity index (χ0v) is 19.9. The molecule has 0 unspecified atom stereocenters. The SMILES string of the molecule is C1C2CC3CC1CC(N(C14CC5CC(CC(C5)C1)C4)C14CC5CC(CC(C5)C1)C4)(C2)C3. The Kier molecular flexibility index (Phi) is 3.41. The van der Waals surface area contributed by atoms with E-state index in [1.54, 1.807) is 116 Å². The van der Waals surface area contributed by atoms with Gasteiger partial charge >= 0.3 is 0 Å². The van der Waals surface area contributed by atoms with E-state index in [2.05, 4.69) is 4.90 Å². The summed E-state index contributed by atoms with van der Waals surface area (Å²) in [6.45, 7) is 0. The van der Waals surface area contributed by atoms with E-state index in [4.69, 9.17) is 0 Å². The summed E-state index contributed by atoms with van der Waals surface area (Å²) in [5.41, 5.74) is 1.93. The molecule has 0 spiro atoms. The number of hydrogen-bond donors (Lipinski definition) is 0. The van der Waals surface area contributed by atoms with Gasteiger partial charge in [0, 0.05) is 16.6 Å². The molecular weight excluding hydrogens is 374 g/mol. The van der Waals surface area contributed by atoms with Crippen LogP contribution in [0.5, 0.6) is 0 Å². The lowest BCUT2D eigenvalue weighted by molar-refractivity contribution is -0.248. The van der Waals surface area contributed by atoms with E-state index in [0.29, 0.717) is 16.6 Å². The predicted molar refractivity (Wildman–Crippen MR) is 125 cm³/mol. The van der Waals surface area contributed by atoms with Gasteiger partial charge < -0.3 is 0 Å². The lowest BCUT2D eigenvalue weighted by Crippen LogP contribution is -2.78. The van der Waals surface area contributed by atoms with E-state index < -0.39 is 0 Å². The van der Waals surface area contributed by atoms with Crippen molar-refractivity contribution in [2.75, 3.05) is 0 Å². The van der Waals surface area contributed by atoms with Crippen LogP contribution in [0.4, 0.5) is 0 Å². The highest BCUT2D eigenvalue weighted by atomic mass is 15.3. The second-order valence-electron chi connectivity index (χ2n) is 15.8. The Hall–Kier alpha value is -0.0400. The molecule has 0 aromatic rings. The zero-order chi connectivity index (χ0) is 20.0. The largest absolute Gasteiger partial charge is 0.286 e. The van der Waals surface area contributed by atoms with Crippen molar-refractivity contribution in [1.29, 1.82) is 0 Å². The maximum Gasteiger partial charge on any atom is 0.0228 e. The Morgan fingerprint density at radius 1 is 0.290 bits per heavy atom. The molecule has 0 amide bonds. The standard InChI is InChI=1S/C30H45N/c1-19-2-21-3-20(1)11-28(10-19,12-21)31(29-13-22-4-23(14-29)6-24(5-22)15-29)30-16-25-7-26(17-30)9-27(8-25)18-30/h19-27H,1-18H2. The fraction of sp³-hybridized carbons (Fsp3) is 1.00. The van der Waals surface area contributed by atoms with Crippen molar-refractivity contribution in [2.24, 2.45) is 53.3 Å². The molecule has 31 heavy (non-hydrogen) atoms. The van der Waals surface area contributed by atoms with Gasteiger partial charge in [-0.1, -0.05) is 0 Å². The molecule has 1 nitrogen and oxygen atoms in total. The number of hydrogen-bond acceptors (Lipinski definition) is 1.